The molecule has 0 radical (unpaired) electrons. The fourth-order valence-corrected chi connectivity index (χ4v) is 2.04. The Morgan fingerprint density at radius 1 is 1.00 bits per heavy atom. The minimum Gasteiger partial charge on any atom is -0.313 e. The summed E-state index contributed by atoms with van der Waals surface area (Å²) >= 11 is 0. The molecule has 3 nitrogen and oxygen atoms in total. The molecule has 0 unspecified atom stereocenters. The molecule has 0 spiro atoms. The summed E-state index contributed by atoms with van der Waals surface area (Å²) in [6.45, 7) is 9.84. The Labute approximate surface area is 110 Å². The molecular weight excluding hydrogens is 224 g/mol. The third-order valence-electron chi connectivity index (χ3n) is 3.22. The van der Waals surface area contributed by atoms with Crippen molar-refractivity contribution in [2.24, 2.45) is 0 Å². The van der Waals surface area contributed by atoms with Crippen molar-refractivity contribution in [2.75, 3.05) is 31.1 Å². The van der Waals surface area contributed by atoms with Crippen molar-refractivity contribution in [3.05, 3.63) is 30.3 Å². The van der Waals surface area contributed by atoms with Crippen LogP contribution in [0.3, 0.4) is 0 Å². The quantitative estimate of drug-likeness (QED) is 0.741. The largest absolute Gasteiger partial charge is 0.313 e. The average Bonchev–Trinajstić information content (AvgIpc) is 2.42. The Morgan fingerprint density at radius 3 is 2.11 bits per heavy atom. The number of amides is 1. The maximum atomic E-state index is 12.2. The topological polar surface area (TPSA) is 23.6 Å². The van der Waals surface area contributed by atoms with Gasteiger partial charge in [-0.05, 0) is 32.1 Å². The van der Waals surface area contributed by atoms with E-state index in [2.05, 4.69) is 18.7 Å². The first-order valence-corrected chi connectivity index (χ1v) is 6.80. The third kappa shape index (κ3) is 4.15. The van der Waals surface area contributed by atoms with Crippen molar-refractivity contribution in [1.29, 1.82) is 0 Å². The molecule has 18 heavy (non-hydrogen) atoms. The number of hydrogen-bond donors (Lipinski definition) is 0. The van der Waals surface area contributed by atoms with Gasteiger partial charge in [-0.15, -0.1) is 0 Å². The zero-order valence-corrected chi connectivity index (χ0v) is 11.7. The van der Waals surface area contributed by atoms with E-state index in [9.17, 15) is 4.79 Å². The maximum Gasteiger partial charge on any atom is 0.228 e. The van der Waals surface area contributed by atoms with Gasteiger partial charge in [0, 0.05) is 25.2 Å². The van der Waals surface area contributed by atoms with E-state index in [0.717, 1.165) is 31.9 Å². The fraction of sp³-hybridized carbons (Fsp3) is 0.533. The highest BCUT2D eigenvalue weighted by atomic mass is 16.2. The maximum absolute atomic E-state index is 12.2. The number of carbonyl (C=O) groups excluding carboxylic acids is 1. The van der Waals surface area contributed by atoms with Crippen molar-refractivity contribution in [3.63, 3.8) is 0 Å². The van der Waals surface area contributed by atoms with Gasteiger partial charge >= 0.3 is 0 Å². The molecule has 0 fully saturated rings. The molecule has 0 aliphatic heterocycles. The Hall–Kier alpha value is -1.35. The van der Waals surface area contributed by atoms with E-state index in [-0.39, 0.29) is 5.91 Å². The lowest BCUT2D eigenvalue weighted by Crippen LogP contribution is -2.34. The number of carbonyl (C=O) groups is 1. The Bertz CT molecular complexity index is 347. The first-order valence-electron chi connectivity index (χ1n) is 6.80. The van der Waals surface area contributed by atoms with Crippen LogP contribution < -0.4 is 4.90 Å². The van der Waals surface area contributed by atoms with Gasteiger partial charge in [0.1, 0.15) is 0 Å². The lowest BCUT2D eigenvalue weighted by atomic mass is 10.2. The number of benzene rings is 1. The van der Waals surface area contributed by atoms with Crippen molar-refractivity contribution < 1.29 is 4.79 Å². The van der Waals surface area contributed by atoms with Crippen molar-refractivity contribution in [3.8, 4) is 0 Å². The number of para-hydroxylation sites is 1. The van der Waals surface area contributed by atoms with Gasteiger partial charge in [0.25, 0.3) is 0 Å². The van der Waals surface area contributed by atoms with Crippen LogP contribution in [0.4, 0.5) is 5.69 Å². The van der Waals surface area contributed by atoms with Gasteiger partial charge in [-0.1, -0.05) is 32.0 Å². The highest BCUT2D eigenvalue weighted by Crippen LogP contribution is 2.14. The zero-order valence-electron chi connectivity index (χ0n) is 11.7. The minimum atomic E-state index is 0.204. The average molecular weight is 248 g/mol. The molecule has 3 heteroatoms. The number of hydrogen-bond acceptors (Lipinski definition) is 2. The second kappa shape index (κ2) is 7.88. The summed E-state index contributed by atoms with van der Waals surface area (Å²) < 4.78 is 0. The number of rotatable bonds is 7. The first kappa shape index (κ1) is 14.7. The number of anilines is 1. The highest BCUT2D eigenvalue weighted by Gasteiger charge is 2.14. The van der Waals surface area contributed by atoms with E-state index in [1.807, 2.05) is 42.2 Å². The first-order chi connectivity index (χ1) is 8.72. The van der Waals surface area contributed by atoms with Crippen LogP contribution in [0.25, 0.3) is 0 Å². The van der Waals surface area contributed by atoms with Crippen LogP contribution in [0.5, 0.6) is 0 Å². The summed E-state index contributed by atoms with van der Waals surface area (Å²) in [5.41, 5.74) is 0.990. The summed E-state index contributed by atoms with van der Waals surface area (Å²) in [7, 11) is 0. The summed E-state index contributed by atoms with van der Waals surface area (Å²) in [6, 6.07) is 9.88. The van der Waals surface area contributed by atoms with Gasteiger partial charge in [-0.2, -0.15) is 0 Å². The minimum absolute atomic E-state index is 0.204. The van der Waals surface area contributed by atoms with Crippen LogP contribution in [-0.4, -0.2) is 37.0 Å². The van der Waals surface area contributed by atoms with Crippen LogP contribution in [0.15, 0.2) is 30.3 Å². The second-order valence-corrected chi connectivity index (χ2v) is 4.25. The molecule has 0 aromatic heterocycles. The summed E-state index contributed by atoms with van der Waals surface area (Å²) in [5, 5.41) is 0. The molecule has 0 saturated heterocycles. The molecule has 0 aliphatic carbocycles. The molecule has 1 aromatic carbocycles. The monoisotopic (exact) mass is 248 g/mol. The Balaban J connectivity index is 2.58. The molecular formula is C15H24N2O. The summed E-state index contributed by atoms with van der Waals surface area (Å²) in [5.74, 6) is 0.204. The predicted molar refractivity (Wildman–Crippen MR) is 76.9 cm³/mol. The lowest BCUT2D eigenvalue weighted by Gasteiger charge is -2.23. The highest BCUT2D eigenvalue weighted by molar-refractivity contribution is 5.93. The molecule has 0 aliphatic rings. The predicted octanol–water partition coefficient (Wildman–Crippen LogP) is 2.77. The number of nitrogens with zero attached hydrogens (tertiary/aromatic N) is 2. The van der Waals surface area contributed by atoms with Gasteiger partial charge in [0.05, 0.1) is 0 Å². The van der Waals surface area contributed by atoms with Crippen LogP contribution in [0, 0.1) is 0 Å². The molecule has 1 rings (SSSR count). The molecule has 0 heterocycles. The van der Waals surface area contributed by atoms with Crippen LogP contribution in [0.2, 0.25) is 0 Å². The van der Waals surface area contributed by atoms with Crippen molar-refractivity contribution in [1.82, 2.24) is 4.90 Å². The van der Waals surface area contributed by atoms with Gasteiger partial charge in [-0.25, -0.2) is 0 Å². The lowest BCUT2D eigenvalue weighted by molar-refractivity contribution is -0.118. The van der Waals surface area contributed by atoms with E-state index in [4.69, 9.17) is 0 Å². The standard InChI is InChI=1S/C15H24N2O/c1-4-16(5-2)13-12-15(18)17(6-3)14-10-8-7-9-11-14/h7-11H,4-6,12-13H2,1-3H3. The molecule has 1 aromatic rings. The van der Waals surface area contributed by atoms with Gasteiger partial charge in [0.15, 0.2) is 0 Å². The molecule has 0 N–H and O–H groups in total. The fourth-order valence-electron chi connectivity index (χ4n) is 2.04. The normalized spacial score (nSPS) is 10.7. The van der Waals surface area contributed by atoms with Gasteiger partial charge in [0.2, 0.25) is 5.91 Å². The molecule has 1 amide bonds. The van der Waals surface area contributed by atoms with Crippen molar-refractivity contribution in [2.45, 2.75) is 27.2 Å². The van der Waals surface area contributed by atoms with E-state index < -0.39 is 0 Å². The third-order valence-corrected chi connectivity index (χ3v) is 3.22. The molecule has 0 atom stereocenters. The summed E-state index contributed by atoms with van der Waals surface area (Å²) in [6.07, 6.45) is 0.588. The SMILES string of the molecule is CCN(CC)CCC(=O)N(CC)c1ccccc1. The van der Waals surface area contributed by atoms with Crippen LogP contribution in [-0.2, 0) is 4.79 Å². The molecule has 0 bridgehead atoms. The van der Waals surface area contributed by atoms with Crippen LogP contribution >= 0.6 is 0 Å². The van der Waals surface area contributed by atoms with E-state index >= 15 is 0 Å². The van der Waals surface area contributed by atoms with E-state index in [1.54, 1.807) is 0 Å². The Morgan fingerprint density at radius 2 is 1.61 bits per heavy atom. The molecule has 100 valence electrons. The van der Waals surface area contributed by atoms with Gasteiger partial charge in [-0.3, -0.25) is 4.79 Å². The van der Waals surface area contributed by atoms with E-state index in [0.29, 0.717) is 6.42 Å². The van der Waals surface area contributed by atoms with E-state index in [1.165, 1.54) is 0 Å². The van der Waals surface area contributed by atoms with Gasteiger partial charge < -0.3 is 9.80 Å². The zero-order chi connectivity index (χ0) is 13.4. The van der Waals surface area contributed by atoms with Crippen LogP contribution in [0.1, 0.15) is 27.2 Å². The Kier molecular flexibility index (Phi) is 6.44. The summed E-state index contributed by atoms with van der Waals surface area (Å²) in [4.78, 5) is 16.3. The smallest absolute Gasteiger partial charge is 0.228 e. The second-order valence-electron chi connectivity index (χ2n) is 4.25. The van der Waals surface area contributed by atoms with Crippen molar-refractivity contribution >= 4 is 11.6 Å². The molecule has 0 saturated carbocycles.